The summed E-state index contributed by atoms with van der Waals surface area (Å²) in [5.41, 5.74) is 0.614. The minimum Gasteiger partial charge on any atom is -0.352 e. The van der Waals surface area contributed by atoms with Crippen molar-refractivity contribution in [2.75, 3.05) is 6.54 Å². The minimum absolute atomic E-state index is 0.0400. The van der Waals surface area contributed by atoms with Crippen LogP contribution in [0.1, 0.15) is 43.0 Å². The SMILES string of the molecule is CC1CCC(CNC(=O)c2cc(Cl)cc(Br)c2)CC1. The lowest BCUT2D eigenvalue weighted by atomic mass is 9.83. The van der Waals surface area contributed by atoms with Gasteiger partial charge >= 0.3 is 0 Å². The highest BCUT2D eigenvalue weighted by atomic mass is 79.9. The van der Waals surface area contributed by atoms with Crippen molar-refractivity contribution in [2.24, 2.45) is 11.8 Å². The number of hydrogen-bond acceptors (Lipinski definition) is 1. The van der Waals surface area contributed by atoms with E-state index in [4.69, 9.17) is 11.6 Å². The zero-order valence-corrected chi connectivity index (χ0v) is 13.4. The number of hydrogen-bond donors (Lipinski definition) is 1. The van der Waals surface area contributed by atoms with Crippen LogP contribution >= 0.6 is 27.5 Å². The first-order chi connectivity index (χ1) is 9.04. The van der Waals surface area contributed by atoms with Crippen LogP contribution in [0.5, 0.6) is 0 Å². The Kier molecular flexibility index (Phi) is 5.28. The summed E-state index contributed by atoms with van der Waals surface area (Å²) in [6, 6.07) is 5.27. The predicted molar refractivity (Wildman–Crippen MR) is 82.6 cm³/mol. The number of carbonyl (C=O) groups excluding carboxylic acids is 1. The van der Waals surface area contributed by atoms with Crippen LogP contribution in [0.25, 0.3) is 0 Å². The third kappa shape index (κ3) is 4.50. The molecule has 0 saturated heterocycles. The Morgan fingerprint density at radius 2 is 2.00 bits per heavy atom. The van der Waals surface area contributed by atoms with E-state index in [1.807, 2.05) is 0 Å². The van der Waals surface area contributed by atoms with Crippen molar-refractivity contribution in [3.05, 3.63) is 33.3 Å². The Hall–Kier alpha value is -0.540. The normalized spacial score (nSPS) is 23.1. The number of carbonyl (C=O) groups is 1. The Morgan fingerprint density at radius 3 is 2.63 bits per heavy atom. The largest absolute Gasteiger partial charge is 0.352 e. The van der Waals surface area contributed by atoms with Crippen molar-refractivity contribution in [1.82, 2.24) is 5.32 Å². The number of nitrogens with one attached hydrogen (secondary N) is 1. The van der Waals surface area contributed by atoms with Gasteiger partial charge in [0.1, 0.15) is 0 Å². The molecule has 1 aromatic carbocycles. The van der Waals surface area contributed by atoms with Gasteiger partial charge in [0, 0.05) is 21.6 Å². The van der Waals surface area contributed by atoms with Crippen molar-refractivity contribution >= 4 is 33.4 Å². The first-order valence-corrected chi connectivity index (χ1v) is 7.96. The van der Waals surface area contributed by atoms with Crippen molar-refractivity contribution < 1.29 is 4.79 Å². The quantitative estimate of drug-likeness (QED) is 0.849. The molecule has 2 nitrogen and oxygen atoms in total. The van der Waals surface area contributed by atoms with Gasteiger partial charge in [-0.15, -0.1) is 0 Å². The lowest BCUT2D eigenvalue weighted by Gasteiger charge is -2.26. The first-order valence-electron chi connectivity index (χ1n) is 6.79. The molecular formula is C15H19BrClNO. The summed E-state index contributed by atoms with van der Waals surface area (Å²) in [5, 5.41) is 3.59. The highest BCUT2D eigenvalue weighted by Crippen LogP contribution is 2.27. The molecular weight excluding hydrogens is 326 g/mol. The van der Waals surface area contributed by atoms with Crippen molar-refractivity contribution in [1.29, 1.82) is 0 Å². The number of rotatable bonds is 3. The highest BCUT2D eigenvalue weighted by molar-refractivity contribution is 9.10. The topological polar surface area (TPSA) is 29.1 Å². The summed E-state index contributed by atoms with van der Waals surface area (Å²) < 4.78 is 0.830. The standard InChI is InChI=1S/C15H19BrClNO/c1-10-2-4-11(5-3-10)9-18-15(19)12-6-13(16)8-14(17)7-12/h6-8,10-11H,2-5,9H2,1H3,(H,18,19). The van der Waals surface area contributed by atoms with Crippen LogP contribution in [0.15, 0.2) is 22.7 Å². The second-order valence-electron chi connectivity index (χ2n) is 5.49. The maximum atomic E-state index is 12.1. The maximum absolute atomic E-state index is 12.1. The van der Waals surface area contributed by atoms with Crippen molar-refractivity contribution in [2.45, 2.75) is 32.6 Å². The van der Waals surface area contributed by atoms with Crippen LogP contribution in [-0.2, 0) is 0 Å². The molecule has 0 atom stereocenters. The summed E-state index contributed by atoms with van der Waals surface area (Å²) in [7, 11) is 0. The van der Waals surface area contributed by atoms with E-state index >= 15 is 0 Å². The summed E-state index contributed by atoms with van der Waals surface area (Å²) in [6.07, 6.45) is 5.01. The Bertz CT molecular complexity index is 435. The van der Waals surface area contributed by atoms with Gasteiger partial charge in [-0.2, -0.15) is 0 Å². The third-order valence-corrected chi connectivity index (χ3v) is 4.49. The molecule has 1 fully saturated rings. The molecule has 0 aliphatic heterocycles. The molecule has 1 aliphatic rings. The molecule has 1 amide bonds. The fraction of sp³-hybridized carbons (Fsp3) is 0.533. The number of benzene rings is 1. The zero-order valence-electron chi connectivity index (χ0n) is 11.1. The van der Waals surface area contributed by atoms with Gasteiger partial charge in [-0.05, 0) is 42.9 Å². The maximum Gasteiger partial charge on any atom is 0.251 e. The molecule has 2 rings (SSSR count). The lowest BCUT2D eigenvalue weighted by molar-refractivity contribution is 0.0942. The molecule has 1 aromatic rings. The van der Waals surface area contributed by atoms with E-state index in [2.05, 4.69) is 28.2 Å². The van der Waals surface area contributed by atoms with E-state index in [0.717, 1.165) is 16.9 Å². The summed E-state index contributed by atoms with van der Waals surface area (Å²) in [6.45, 7) is 3.08. The van der Waals surface area contributed by atoms with Crippen LogP contribution in [0, 0.1) is 11.8 Å². The monoisotopic (exact) mass is 343 g/mol. The second-order valence-corrected chi connectivity index (χ2v) is 6.85. The molecule has 0 spiro atoms. The highest BCUT2D eigenvalue weighted by Gasteiger charge is 2.19. The van der Waals surface area contributed by atoms with Crippen molar-refractivity contribution in [3.63, 3.8) is 0 Å². The summed E-state index contributed by atoms with van der Waals surface area (Å²) in [4.78, 5) is 12.1. The molecule has 104 valence electrons. The summed E-state index contributed by atoms with van der Waals surface area (Å²) >= 11 is 9.30. The molecule has 0 radical (unpaired) electrons. The minimum atomic E-state index is -0.0400. The Balaban J connectivity index is 1.87. The molecule has 0 unspecified atom stereocenters. The van der Waals surface area contributed by atoms with Crippen molar-refractivity contribution in [3.8, 4) is 0 Å². The second kappa shape index (κ2) is 6.76. The Morgan fingerprint density at radius 1 is 1.32 bits per heavy atom. The third-order valence-electron chi connectivity index (χ3n) is 3.81. The van der Waals surface area contributed by atoms with Crippen LogP contribution < -0.4 is 5.32 Å². The summed E-state index contributed by atoms with van der Waals surface area (Å²) in [5.74, 6) is 1.43. The van der Waals surface area contributed by atoms with Gasteiger partial charge in [-0.25, -0.2) is 0 Å². The van der Waals surface area contributed by atoms with Crippen LogP contribution in [-0.4, -0.2) is 12.5 Å². The fourth-order valence-corrected chi connectivity index (χ4v) is 3.42. The molecule has 0 aromatic heterocycles. The number of amides is 1. The van der Waals surface area contributed by atoms with Gasteiger partial charge < -0.3 is 5.32 Å². The average Bonchev–Trinajstić information content (AvgIpc) is 2.36. The van der Waals surface area contributed by atoms with Gasteiger partial charge in [-0.1, -0.05) is 47.3 Å². The van der Waals surface area contributed by atoms with Gasteiger partial charge in [0.25, 0.3) is 5.91 Å². The zero-order chi connectivity index (χ0) is 13.8. The van der Waals surface area contributed by atoms with E-state index in [1.165, 1.54) is 25.7 Å². The van der Waals surface area contributed by atoms with Gasteiger partial charge in [-0.3, -0.25) is 4.79 Å². The predicted octanol–water partition coefficient (Wildman–Crippen LogP) is 4.66. The van der Waals surface area contributed by atoms with E-state index in [9.17, 15) is 4.79 Å². The van der Waals surface area contributed by atoms with E-state index in [0.29, 0.717) is 16.5 Å². The molecule has 4 heteroatoms. The number of halogens is 2. The first kappa shape index (κ1) is 14.9. The molecule has 0 bridgehead atoms. The Labute approximate surface area is 128 Å². The molecule has 0 heterocycles. The van der Waals surface area contributed by atoms with E-state index in [1.54, 1.807) is 18.2 Å². The molecule has 19 heavy (non-hydrogen) atoms. The average molecular weight is 345 g/mol. The van der Waals surface area contributed by atoms with Crippen LogP contribution in [0.4, 0.5) is 0 Å². The molecule has 1 N–H and O–H groups in total. The van der Waals surface area contributed by atoms with E-state index < -0.39 is 0 Å². The smallest absolute Gasteiger partial charge is 0.251 e. The van der Waals surface area contributed by atoms with Gasteiger partial charge in [0.15, 0.2) is 0 Å². The van der Waals surface area contributed by atoms with E-state index in [-0.39, 0.29) is 5.91 Å². The van der Waals surface area contributed by atoms with Crippen LogP contribution in [0.2, 0.25) is 5.02 Å². The molecule has 1 saturated carbocycles. The lowest BCUT2D eigenvalue weighted by Crippen LogP contribution is -2.31. The molecule has 1 aliphatic carbocycles. The van der Waals surface area contributed by atoms with Gasteiger partial charge in [0.05, 0.1) is 0 Å². The fourth-order valence-electron chi connectivity index (χ4n) is 2.56. The van der Waals surface area contributed by atoms with Crippen LogP contribution in [0.3, 0.4) is 0 Å². The van der Waals surface area contributed by atoms with Gasteiger partial charge in [0.2, 0.25) is 0 Å².